The third-order valence-corrected chi connectivity index (χ3v) is 5.62. The maximum Gasteiger partial charge on any atom is 0.252 e. The van der Waals surface area contributed by atoms with Gasteiger partial charge in [-0.2, -0.15) is 0 Å². The number of ether oxygens (including phenoxy) is 1. The molecule has 7 heteroatoms. The molecular weight excluding hydrogens is 380 g/mol. The second kappa shape index (κ2) is 7.38. The fraction of sp³-hybridized carbons (Fsp3) is 0.478. The lowest BCUT2D eigenvalue weighted by molar-refractivity contribution is 0.0273. The topological polar surface area (TPSA) is 84.4 Å². The van der Waals surface area contributed by atoms with Gasteiger partial charge in [0, 0.05) is 24.5 Å². The highest BCUT2D eigenvalue weighted by Crippen LogP contribution is 2.48. The van der Waals surface area contributed by atoms with Crippen molar-refractivity contribution in [3.63, 3.8) is 0 Å². The molecule has 0 saturated heterocycles. The van der Waals surface area contributed by atoms with E-state index in [-0.39, 0.29) is 11.3 Å². The van der Waals surface area contributed by atoms with Gasteiger partial charge in [0.1, 0.15) is 5.60 Å². The van der Waals surface area contributed by atoms with Crippen LogP contribution < -0.4 is 15.0 Å². The monoisotopic (exact) mass is 410 g/mol. The van der Waals surface area contributed by atoms with Gasteiger partial charge in [0.25, 0.3) is 5.91 Å². The Kier molecular flexibility index (Phi) is 5.35. The largest absolute Gasteiger partial charge is 0.481 e. The minimum Gasteiger partial charge on any atom is -0.481 e. The van der Waals surface area contributed by atoms with Crippen LogP contribution in [0.15, 0.2) is 30.7 Å². The summed E-state index contributed by atoms with van der Waals surface area (Å²) >= 11 is 0. The van der Waals surface area contributed by atoms with Crippen LogP contribution in [0.1, 0.15) is 69.2 Å². The van der Waals surface area contributed by atoms with Crippen molar-refractivity contribution < 1.29 is 14.3 Å². The van der Waals surface area contributed by atoms with Crippen LogP contribution in [0, 0.1) is 5.41 Å². The number of carbonyl (C=O) groups excluding carboxylic acids is 2. The minimum atomic E-state index is -0.603. The first kappa shape index (κ1) is 21.7. The minimum absolute atomic E-state index is 0.0178. The number of fused-ring (bicyclic) bond motifs is 1. The summed E-state index contributed by atoms with van der Waals surface area (Å²) in [7, 11) is 0. The van der Waals surface area contributed by atoms with Crippen molar-refractivity contribution in [1.82, 2.24) is 15.3 Å². The van der Waals surface area contributed by atoms with Crippen molar-refractivity contribution in [3.8, 4) is 5.75 Å². The molecule has 7 nitrogen and oxygen atoms in total. The Morgan fingerprint density at radius 1 is 1.17 bits per heavy atom. The van der Waals surface area contributed by atoms with Crippen LogP contribution >= 0.6 is 0 Å². The summed E-state index contributed by atoms with van der Waals surface area (Å²) in [6, 6.07) is 3.50. The SMILES string of the molecule is CC(C)(C)CNC(=O)c1cncc(N2c3ncc(C=O)cc3OC(C)(C)C2(C)C)c1. The van der Waals surface area contributed by atoms with E-state index in [4.69, 9.17) is 4.74 Å². The Bertz CT molecular complexity index is 977. The number of amides is 1. The van der Waals surface area contributed by atoms with E-state index in [9.17, 15) is 9.59 Å². The molecule has 3 rings (SSSR count). The molecule has 0 bridgehead atoms. The van der Waals surface area contributed by atoms with Crippen LogP contribution in [0.3, 0.4) is 0 Å². The molecule has 0 saturated carbocycles. The van der Waals surface area contributed by atoms with Gasteiger partial charge in [-0.25, -0.2) is 4.98 Å². The number of pyridine rings is 2. The molecule has 1 aliphatic rings. The van der Waals surface area contributed by atoms with E-state index in [0.717, 1.165) is 12.0 Å². The summed E-state index contributed by atoms with van der Waals surface area (Å²) in [6.45, 7) is 14.8. The number of nitrogens with one attached hydrogen (secondary N) is 1. The Morgan fingerprint density at radius 2 is 1.87 bits per heavy atom. The highest BCUT2D eigenvalue weighted by Gasteiger charge is 2.50. The molecular formula is C23H30N4O3. The number of aromatic nitrogens is 2. The van der Waals surface area contributed by atoms with E-state index in [2.05, 4.69) is 49.9 Å². The molecule has 2 aromatic rings. The summed E-state index contributed by atoms with van der Waals surface area (Å²) in [5.41, 5.74) is 0.509. The maximum atomic E-state index is 12.7. The van der Waals surface area contributed by atoms with E-state index < -0.39 is 11.1 Å². The van der Waals surface area contributed by atoms with Crippen molar-refractivity contribution in [2.24, 2.45) is 5.41 Å². The third-order valence-electron chi connectivity index (χ3n) is 5.62. The van der Waals surface area contributed by atoms with E-state index in [1.807, 2.05) is 24.8 Å². The van der Waals surface area contributed by atoms with Crippen LogP contribution in [0.5, 0.6) is 5.75 Å². The Hall–Kier alpha value is -2.96. The van der Waals surface area contributed by atoms with Crippen molar-refractivity contribution in [3.05, 3.63) is 41.9 Å². The van der Waals surface area contributed by atoms with E-state index in [0.29, 0.717) is 29.2 Å². The molecule has 1 aliphatic heterocycles. The van der Waals surface area contributed by atoms with Gasteiger partial charge in [-0.05, 0) is 45.2 Å². The molecule has 0 unspecified atom stereocenters. The molecule has 2 aromatic heterocycles. The van der Waals surface area contributed by atoms with Gasteiger partial charge >= 0.3 is 0 Å². The van der Waals surface area contributed by atoms with Crippen molar-refractivity contribution in [2.75, 3.05) is 11.4 Å². The van der Waals surface area contributed by atoms with Crippen LogP contribution in [-0.2, 0) is 0 Å². The number of carbonyl (C=O) groups is 2. The van der Waals surface area contributed by atoms with E-state index >= 15 is 0 Å². The Balaban J connectivity index is 2.06. The highest BCUT2D eigenvalue weighted by molar-refractivity contribution is 5.95. The predicted octanol–water partition coefficient (Wildman–Crippen LogP) is 4.15. The predicted molar refractivity (Wildman–Crippen MR) is 117 cm³/mol. The standard InChI is InChI=1S/C23H30N4O3/c1-21(2,3)14-26-20(29)16-9-17(12-24-11-16)27-19-18(8-15(13-28)10-25-19)30-23(6,7)22(27,4)5/h8-13H,14H2,1-7H3,(H,26,29). The van der Waals surface area contributed by atoms with Crippen LogP contribution in [0.4, 0.5) is 11.5 Å². The molecule has 0 fully saturated rings. The smallest absolute Gasteiger partial charge is 0.252 e. The molecule has 30 heavy (non-hydrogen) atoms. The van der Waals surface area contributed by atoms with Gasteiger partial charge in [0.2, 0.25) is 0 Å². The first-order valence-corrected chi connectivity index (χ1v) is 10.0. The Morgan fingerprint density at radius 3 is 2.50 bits per heavy atom. The summed E-state index contributed by atoms with van der Waals surface area (Å²) in [5, 5.41) is 2.96. The molecule has 1 amide bonds. The van der Waals surface area contributed by atoms with Crippen molar-refractivity contribution in [1.29, 1.82) is 0 Å². The summed E-state index contributed by atoms with van der Waals surface area (Å²) in [5.74, 6) is 0.930. The van der Waals surface area contributed by atoms with Crippen molar-refractivity contribution >= 4 is 23.7 Å². The van der Waals surface area contributed by atoms with Crippen molar-refractivity contribution in [2.45, 2.75) is 59.6 Å². The van der Waals surface area contributed by atoms with E-state index in [1.54, 1.807) is 18.5 Å². The van der Waals surface area contributed by atoms with Gasteiger partial charge in [0.05, 0.1) is 23.0 Å². The second-order valence-corrected chi connectivity index (χ2v) is 9.89. The fourth-order valence-electron chi connectivity index (χ4n) is 3.26. The molecule has 160 valence electrons. The zero-order valence-electron chi connectivity index (χ0n) is 18.7. The molecule has 0 aromatic carbocycles. The molecule has 0 atom stereocenters. The summed E-state index contributed by atoms with van der Waals surface area (Å²) in [4.78, 5) is 34.7. The lowest BCUT2D eigenvalue weighted by atomic mass is 9.82. The van der Waals surface area contributed by atoms with Gasteiger partial charge in [-0.1, -0.05) is 20.8 Å². The number of hydrogen-bond acceptors (Lipinski definition) is 6. The number of nitrogens with zero attached hydrogens (tertiary/aromatic N) is 3. The van der Waals surface area contributed by atoms with Gasteiger partial charge < -0.3 is 15.0 Å². The zero-order chi connectivity index (χ0) is 22.3. The molecule has 0 radical (unpaired) electrons. The quantitative estimate of drug-likeness (QED) is 0.762. The number of aldehydes is 1. The van der Waals surface area contributed by atoms with Gasteiger partial charge in [-0.15, -0.1) is 0 Å². The third kappa shape index (κ3) is 4.01. The normalized spacial score (nSPS) is 17.0. The van der Waals surface area contributed by atoms with Gasteiger partial charge in [0.15, 0.2) is 17.9 Å². The van der Waals surface area contributed by atoms with E-state index in [1.165, 1.54) is 6.20 Å². The Labute approximate surface area is 177 Å². The van der Waals surface area contributed by atoms with Crippen LogP contribution in [0.2, 0.25) is 0 Å². The fourth-order valence-corrected chi connectivity index (χ4v) is 3.26. The molecule has 3 heterocycles. The average Bonchev–Trinajstić information content (AvgIpc) is 2.65. The summed E-state index contributed by atoms with van der Waals surface area (Å²) < 4.78 is 6.22. The number of hydrogen-bond donors (Lipinski definition) is 1. The zero-order valence-corrected chi connectivity index (χ0v) is 18.7. The lowest BCUT2D eigenvalue weighted by Crippen LogP contribution is -2.62. The number of rotatable bonds is 4. The number of anilines is 2. The summed E-state index contributed by atoms with van der Waals surface area (Å²) in [6.07, 6.45) is 5.53. The highest BCUT2D eigenvalue weighted by atomic mass is 16.5. The van der Waals surface area contributed by atoms with Crippen LogP contribution in [0.25, 0.3) is 0 Å². The van der Waals surface area contributed by atoms with Gasteiger partial charge in [-0.3, -0.25) is 14.6 Å². The molecule has 0 spiro atoms. The van der Waals surface area contributed by atoms with Crippen LogP contribution in [-0.4, -0.2) is 39.8 Å². The average molecular weight is 411 g/mol. The second-order valence-electron chi connectivity index (χ2n) is 9.89. The first-order valence-electron chi connectivity index (χ1n) is 10.0. The molecule has 0 aliphatic carbocycles. The maximum absolute atomic E-state index is 12.7. The first-order chi connectivity index (χ1) is 13.9. The lowest BCUT2D eigenvalue weighted by Gasteiger charge is -2.53. The molecule has 1 N–H and O–H groups in total.